The molecule has 0 aliphatic carbocycles. The van der Waals surface area contributed by atoms with Crippen LogP contribution in [0.4, 0.5) is 0 Å². The van der Waals surface area contributed by atoms with Gasteiger partial charge < -0.3 is 9.47 Å². The van der Waals surface area contributed by atoms with Crippen LogP contribution < -0.4 is 0 Å². The highest BCUT2D eigenvalue weighted by atomic mass is 16.5. The monoisotopic (exact) mass is 268 g/mol. The highest BCUT2D eigenvalue weighted by Crippen LogP contribution is 2.04. The van der Waals surface area contributed by atoms with Gasteiger partial charge in [0, 0.05) is 0 Å². The predicted molar refractivity (Wildman–Crippen MR) is 73.3 cm³/mol. The lowest BCUT2D eigenvalue weighted by atomic mass is 10.2. The average Bonchev–Trinajstić information content (AvgIpc) is 2.40. The Kier molecular flexibility index (Phi) is 10.7. The lowest BCUT2D eigenvalue weighted by Gasteiger charge is -2.07. The summed E-state index contributed by atoms with van der Waals surface area (Å²) in [6, 6.07) is 0. The maximum Gasteiger partial charge on any atom is 0.307 e. The molecule has 108 valence electrons. The molecule has 1 unspecified atom stereocenters. The second-order valence-electron chi connectivity index (χ2n) is 4.43. The van der Waals surface area contributed by atoms with Gasteiger partial charge in [0.25, 0.3) is 0 Å². The molecule has 0 amide bonds. The molecule has 0 aliphatic rings. The Labute approximate surface area is 115 Å². The van der Waals surface area contributed by atoms with Crippen LogP contribution in [0.2, 0.25) is 0 Å². The second-order valence-corrected chi connectivity index (χ2v) is 4.43. The molecule has 0 aromatic heterocycles. The molecular formula is C15H24O4. The van der Waals surface area contributed by atoms with Crippen molar-refractivity contribution in [2.75, 3.05) is 6.61 Å². The minimum Gasteiger partial charge on any atom is -0.466 e. The van der Waals surface area contributed by atoms with Crippen molar-refractivity contribution in [2.45, 2.75) is 64.9 Å². The lowest BCUT2D eigenvalue weighted by molar-refractivity contribution is -0.151. The first-order valence-corrected chi connectivity index (χ1v) is 6.91. The molecule has 0 saturated heterocycles. The van der Waals surface area contributed by atoms with E-state index in [0.29, 0.717) is 6.61 Å². The van der Waals surface area contributed by atoms with Gasteiger partial charge in [-0.25, -0.2) is 0 Å². The van der Waals surface area contributed by atoms with Gasteiger partial charge in [0.2, 0.25) is 0 Å². The Hall–Kier alpha value is -1.50. The number of carbonyl (C=O) groups excluding carboxylic acids is 2. The van der Waals surface area contributed by atoms with Crippen LogP contribution in [-0.2, 0) is 19.1 Å². The van der Waals surface area contributed by atoms with Gasteiger partial charge in [-0.05, 0) is 13.3 Å². The first kappa shape index (κ1) is 17.5. The zero-order chi connectivity index (χ0) is 14.5. The highest BCUT2D eigenvalue weighted by Gasteiger charge is 2.10. The normalized spacial score (nSPS) is 11.4. The SMILES string of the molecule is C#CC(C)OC(=O)CCC(=O)OCCCCCCC. The fourth-order valence-corrected chi connectivity index (χ4v) is 1.46. The summed E-state index contributed by atoms with van der Waals surface area (Å²) in [5.41, 5.74) is 0. The minimum atomic E-state index is -0.554. The van der Waals surface area contributed by atoms with Crippen molar-refractivity contribution in [2.24, 2.45) is 0 Å². The number of esters is 2. The van der Waals surface area contributed by atoms with Crippen molar-refractivity contribution in [3.63, 3.8) is 0 Å². The molecule has 19 heavy (non-hydrogen) atoms. The molecule has 4 heteroatoms. The molecule has 0 fully saturated rings. The van der Waals surface area contributed by atoms with Gasteiger partial charge in [-0.1, -0.05) is 38.5 Å². The molecule has 0 heterocycles. The number of hydrogen-bond acceptors (Lipinski definition) is 4. The van der Waals surface area contributed by atoms with Crippen LogP contribution in [0.25, 0.3) is 0 Å². The number of carbonyl (C=O) groups is 2. The Morgan fingerprint density at radius 2 is 1.74 bits per heavy atom. The van der Waals surface area contributed by atoms with Gasteiger partial charge in [-0.2, -0.15) is 0 Å². The topological polar surface area (TPSA) is 52.6 Å². The molecule has 0 aromatic rings. The van der Waals surface area contributed by atoms with Crippen molar-refractivity contribution in [1.29, 1.82) is 0 Å². The van der Waals surface area contributed by atoms with Crippen molar-refractivity contribution in [3.05, 3.63) is 0 Å². The third kappa shape index (κ3) is 11.3. The van der Waals surface area contributed by atoms with E-state index >= 15 is 0 Å². The van der Waals surface area contributed by atoms with Crippen molar-refractivity contribution in [3.8, 4) is 12.3 Å². The van der Waals surface area contributed by atoms with E-state index < -0.39 is 12.1 Å². The molecule has 0 spiro atoms. The summed E-state index contributed by atoms with van der Waals surface area (Å²) in [7, 11) is 0. The van der Waals surface area contributed by atoms with E-state index in [1.54, 1.807) is 6.92 Å². The first-order chi connectivity index (χ1) is 9.10. The minimum absolute atomic E-state index is 0.0146. The predicted octanol–water partition coefficient (Wildman–Crippen LogP) is 2.85. The first-order valence-electron chi connectivity index (χ1n) is 6.91. The Morgan fingerprint density at radius 1 is 1.11 bits per heavy atom. The third-order valence-electron chi connectivity index (χ3n) is 2.59. The van der Waals surface area contributed by atoms with Crippen molar-refractivity contribution >= 4 is 11.9 Å². The maximum atomic E-state index is 11.3. The summed E-state index contributed by atoms with van der Waals surface area (Å²) in [6.07, 6.45) is 10.1. The van der Waals surface area contributed by atoms with Gasteiger partial charge in [-0.15, -0.1) is 6.42 Å². The molecule has 0 radical (unpaired) electrons. The summed E-state index contributed by atoms with van der Waals surface area (Å²) in [5.74, 6) is 1.46. The molecule has 0 saturated carbocycles. The second kappa shape index (κ2) is 11.6. The maximum absolute atomic E-state index is 11.3. The number of unbranched alkanes of at least 4 members (excludes halogenated alkanes) is 4. The standard InChI is InChI=1S/C15H24O4/c1-4-6-7-8-9-12-18-14(16)10-11-15(17)19-13(3)5-2/h2,13H,4,6-12H2,1,3H3. The van der Waals surface area contributed by atoms with E-state index in [1.807, 2.05) is 0 Å². The van der Waals surface area contributed by atoms with Gasteiger partial charge >= 0.3 is 11.9 Å². The quantitative estimate of drug-likeness (QED) is 0.347. The number of rotatable bonds is 10. The molecule has 0 bridgehead atoms. The van der Waals surface area contributed by atoms with E-state index in [-0.39, 0.29) is 18.8 Å². The van der Waals surface area contributed by atoms with Gasteiger partial charge in [0.05, 0.1) is 19.4 Å². The van der Waals surface area contributed by atoms with Gasteiger partial charge in [-0.3, -0.25) is 9.59 Å². The van der Waals surface area contributed by atoms with Gasteiger partial charge in [0.15, 0.2) is 6.10 Å². The largest absolute Gasteiger partial charge is 0.466 e. The molecule has 1 atom stereocenters. The van der Waals surface area contributed by atoms with E-state index in [0.717, 1.165) is 12.8 Å². The lowest BCUT2D eigenvalue weighted by Crippen LogP contribution is -2.15. The summed E-state index contributed by atoms with van der Waals surface area (Å²) in [4.78, 5) is 22.6. The van der Waals surface area contributed by atoms with Crippen LogP contribution in [0.1, 0.15) is 58.8 Å². The van der Waals surface area contributed by atoms with Crippen LogP contribution in [0.5, 0.6) is 0 Å². The summed E-state index contributed by atoms with van der Waals surface area (Å²) < 4.78 is 9.85. The van der Waals surface area contributed by atoms with Crippen LogP contribution in [0.3, 0.4) is 0 Å². The van der Waals surface area contributed by atoms with Crippen LogP contribution in [-0.4, -0.2) is 24.6 Å². The zero-order valence-electron chi connectivity index (χ0n) is 11.9. The smallest absolute Gasteiger partial charge is 0.307 e. The molecular weight excluding hydrogens is 244 g/mol. The van der Waals surface area contributed by atoms with E-state index in [4.69, 9.17) is 15.9 Å². The van der Waals surface area contributed by atoms with E-state index in [2.05, 4.69) is 12.8 Å². The molecule has 4 nitrogen and oxygen atoms in total. The molecule has 0 aliphatic heterocycles. The highest BCUT2D eigenvalue weighted by molar-refractivity contribution is 5.77. The van der Waals surface area contributed by atoms with E-state index in [9.17, 15) is 9.59 Å². The molecule has 0 N–H and O–H groups in total. The van der Waals surface area contributed by atoms with Crippen LogP contribution in [0, 0.1) is 12.3 Å². The summed E-state index contributed by atoms with van der Waals surface area (Å²) in [5, 5.41) is 0. The third-order valence-corrected chi connectivity index (χ3v) is 2.59. The van der Waals surface area contributed by atoms with Crippen LogP contribution in [0.15, 0.2) is 0 Å². The Balaban J connectivity index is 3.49. The Morgan fingerprint density at radius 3 is 2.37 bits per heavy atom. The molecule has 0 aromatic carbocycles. The fourth-order valence-electron chi connectivity index (χ4n) is 1.46. The zero-order valence-corrected chi connectivity index (χ0v) is 11.9. The number of hydrogen-bond donors (Lipinski definition) is 0. The van der Waals surface area contributed by atoms with Crippen molar-refractivity contribution < 1.29 is 19.1 Å². The molecule has 0 rings (SSSR count). The summed E-state index contributed by atoms with van der Waals surface area (Å²) >= 11 is 0. The average molecular weight is 268 g/mol. The summed E-state index contributed by atoms with van der Waals surface area (Å²) in [6.45, 7) is 4.19. The number of ether oxygens (including phenoxy) is 2. The van der Waals surface area contributed by atoms with Crippen LogP contribution >= 0.6 is 0 Å². The number of terminal acetylenes is 1. The van der Waals surface area contributed by atoms with E-state index in [1.165, 1.54) is 19.3 Å². The Bertz CT molecular complexity index is 304. The fraction of sp³-hybridized carbons (Fsp3) is 0.733. The van der Waals surface area contributed by atoms with Gasteiger partial charge in [0.1, 0.15) is 0 Å². The van der Waals surface area contributed by atoms with Crippen molar-refractivity contribution in [1.82, 2.24) is 0 Å².